The lowest BCUT2D eigenvalue weighted by atomic mass is 9.89. The van der Waals surface area contributed by atoms with Crippen LogP contribution in [0.5, 0.6) is 5.75 Å². The van der Waals surface area contributed by atoms with E-state index >= 15 is 0 Å². The first-order valence-corrected chi connectivity index (χ1v) is 7.54. The molecule has 0 bridgehead atoms. The molecule has 1 aliphatic heterocycles. The lowest BCUT2D eigenvalue weighted by Gasteiger charge is -2.24. The number of benzene rings is 1. The number of aliphatic carboxylic acids is 1. The van der Waals surface area contributed by atoms with E-state index in [0.717, 1.165) is 5.56 Å². The molecule has 2 atom stereocenters. The molecule has 0 radical (unpaired) electrons. The van der Waals surface area contributed by atoms with Crippen LogP contribution in [0.25, 0.3) is 0 Å². The molecule has 1 aromatic carbocycles. The van der Waals surface area contributed by atoms with Crippen LogP contribution in [0.15, 0.2) is 24.3 Å². The standard InChI is InChI=1S/C17H23NO5/c1-17(2,3)23-16(21)18-9-13(14(10-18)15(19)20)11-5-7-12(22-4)8-6-11/h5-8,13-14H,9-10H2,1-4H3,(H,19,20)/p-1/t13-,14+/m0/s1. The van der Waals surface area contributed by atoms with Gasteiger partial charge in [-0.25, -0.2) is 4.79 Å². The maximum atomic E-state index is 12.2. The van der Waals surface area contributed by atoms with Crippen LogP contribution < -0.4 is 9.84 Å². The van der Waals surface area contributed by atoms with E-state index in [1.807, 2.05) is 12.1 Å². The summed E-state index contributed by atoms with van der Waals surface area (Å²) in [6.07, 6.45) is -0.500. The molecule has 0 N–H and O–H groups in total. The summed E-state index contributed by atoms with van der Waals surface area (Å²) in [6, 6.07) is 7.19. The van der Waals surface area contributed by atoms with Crippen molar-refractivity contribution in [2.24, 2.45) is 5.92 Å². The molecule has 126 valence electrons. The molecule has 0 spiro atoms. The van der Waals surface area contributed by atoms with Crippen molar-refractivity contribution in [2.45, 2.75) is 32.3 Å². The summed E-state index contributed by atoms with van der Waals surface area (Å²) in [7, 11) is 1.57. The van der Waals surface area contributed by atoms with Gasteiger partial charge < -0.3 is 24.3 Å². The summed E-state index contributed by atoms with van der Waals surface area (Å²) in [5.74, 6) is -1.54. The van der Waals surface area contributed by atoms with E-state index in [9.17, 15) is 14.7 Å². The topological polar surface area (TPSA) is 78.9 Å². The van der Waals surface area contributed by atoms with E-state index in [4.69, 9.17) is 9.47 Å². The van der Waals surface area contributed by atoms with Gasteiger partial charge in [0, 0.05) is 30.9 Å². The number of carbonyl (C=O) groups excluding carboxylic acids is 2. The molecule has 23 heavy (non-hydrogen) atoms. The van der Waals surface area contributed by atoms with Crippen LogP contribution in [0, 0.1) is 5.92 Å². The first-order valence-electron chi connectivity index (χ1n) is 7.54. The third-order valence-corrected chi connectivity index (χ3v) is 3.82. The Kier molecular flexibility index (Phi) is 4.82. The smallest absolute Gasteiger partial charge is 0.410 e. The van der Waals surface area contributed by atoms with Gasteiger partial charge in [-0.05, 0) is 38.5 Å². The highest BCUT2D eigenvalue weighted by Crippen LogP contribution is 2.34. The van der Waals surface area contributed by atoms with Gasteiger partial charge in [-0.2, -0.15) is 0 Å². The Bertz CT molecular complexity index is 576. The molecule has 1 fully saturated rings. The van der Waals surface area contributed by atoms with Gasteiger partial charge in [-0.3, -0.25) is 0 Å². The average Bonchev–Trinajstić information content (AvgIpc) is 2.91. The SMILES string of the molecule is COc1ccc([C@@H]2CN(C(=O)OC(C)(C)C)C[C@H]2C(=O)[O-])cc1. The van der Waals surface area contributed by atoms with E-state index in [-0.39, 0.29) is 12.5 Å². The van der Waals surface area contributed by atoms with Gasteiger partial charge in [0.1, 0.15) is 11.4 Å². The van der Waals surface area contributed by atoms with Gasteiger partial charge in [0.2, 0.25) is 0 Å². The van der Waals surface area contributed by atoms with E-state index in [2.05, 4.69) is 0 Å². The van der Waals surface area contributed by atoms with Gasteiger partial charge >= 0.3 is 6.09 Å². The number of likely N-dealkylation sites (tertiary alicyclic amines) is 1. The summed E-state index contributed by atoms with van der Waals surface area (Å²) in [4.78, 5) is 25.1. The van der Waals surface area contributed by atoms with E-state index in [1.54, 1.807) is 40.0 Å². The summed E-state index contributed by atoms with van der Waals surface area (Å²) < 4.78 is 10.4. The molecular weight excluding hydrogens is 298 g/mol. The maximum Gasteiger partial charge on any atom is 0.410 e. The number of carbonyl (C=O) groups is 2. The van der Waals surface area contributed by atoms with Crippen LogP contribution in [0.2, 0.25) is 0 Å². The van der Waals surface area contributed by atoms with Gasteiger partial charge in [-0.15, -0.1) is 0 Å². The van der Waals surface area contributed by atoms with Crippen LogP contribution in [0.1, 0.15) is 32.3 Å². The Morgan fingerprint density at radius 1 is 1.17 bits per heavy atom. The van der Waals surface area contributed by atoms with Crippen LogP contribution in [-0.4, -0.2) is 42.8 Å². The highest BCUT2D eigenvalue weighted by molar-refractivity contribution is 5.74. The third-order valence-electron chi connectivity index (χ3n) is 3.82. The summed E-state index contributed by atoms with van der Waals surface area (Å²) in [6.45, 7) is 5.71. The second kappa shape index (κ2) is 6.48. The normalized spacial score (nSPS) is 21.1. The minimum absolute atomic E-state index is 0.0912. The quantitative estimate of drug-likeness (QED) is 0.841. The van der Waals surface area contributed by atoms with Crippen molar-refractivity contribution < 1.29 is 24.2 Å². The van der Waals surface area contributed by atoms with Crippen molar-refractivity contribution in [3.05, 3.63) is 29.8 Å². The molecule has 1 aliphatic rings. The number of rotatable bonds is 3. The molecule has 0 saturated carbocycles. The molecule has 1 heterocycles. The fourth-order valence-corrected chi connectivity index (χ4v) is 2.71. The summed E-state index contributed by atoms with van der Waals surface area (Å²) in [5.41, 5.74) is 0.220. The minimum atomic E-state index is -1.16. The van der Waals surface area contributed by atoms with Crippen molar-refractivity contribution in [3.8, 4) is 5.75 Å². The molecule has 1 amide bonds. The van der Waals surface area contributed by atoms with Crippen LogP contribution in [0.3, 0.4) is 0 Å². The zero-order valence-corrected chi connectivity index (χ0v) is 13.9. The Labute approximate surface area is 136 Å². The number of amides is 1. The monoisotopic (exact) mass is 320 g/mol. The molecule has 1 aromatic rings. The zero-order chi connectivity index (χ0) is 17.2. The second-order valence-corrected chi connectivity index (χ2v) is 6.69. The van der Waals surface area contributed by atoms with Crippen LogP contribution >= 0.6 is 0 Å². The zero-order valence-electron chi connectivity index (χ0n) is 13.9. The lowest BCUT2D eigenvalue weighted by Crippen LogP contribution is -2.38. The fraction of sp³-hybridized carbons (Fsp3) is 0.529. The van der Waals surface area contributed by atoms with Crippen molar-refractivity contribution >= 4 is 12.1 Å². The first-order chi connectivity index (χ1) is 10.7. The number of methoxy groups -OCH3 is 1. The predicted molar refractivity (Wildman–Crippen MR) is 82.0 cm³/mol. The van der Waals surface area contributed by atoms with Crippen molar-refractivity contribution in [3.63, 3.8) is 0 Å². The Morgan fingerprint density at radius 2 is 1.78 bits per heavy atom. The van der Waals surface area contributed by atoms with Crippen LogP contribution in [-0.2, 0) is 9.53 Å². The third kappa shape index (κ3) is 4.15. The average molecular weight is 320 g/mol. The van der Waals surface area contributed by atoms with Crippen molar-refractivity contribution in [2.75, 3.05) is 20.2 Å². The highest BCUT2D eigenvalue weighted by Gasteiger charge is 2.38. The number of hydrogen-bond acceptors (Lipinski definition) is 5. The number of hydrogen-bond donors (Lipinski definition) is 0. The van der Waals surface area contributed by atoms with Gasteiger partial charge in [-0.1, -0.05) is 12.1 Å². The van der Waals surface area contributed by atoms with Crippen molar-refractivity contribution in [1.29, 1.82) is 0 Å². The Hall–Kier alpha value is -2.24. The molecule has 0 aliphatic carbocycles. The van der Waals surface area contributed by atoms with Gasteiger partial charge in [0.15, 0.2) is 0 Å². The fourth-order valence-electron chi connectivity index (χ4n) is 2.71. The minimum Gasteiger partial charge on any atom is -0.550 e. The highest BCUT2D eigenvalue weighted by atomic mass is 16.6. The number of ether oxygens (including phenoxy) is 2. The van der Waals surface area contributed by atoms with E-state index in [1.165, 1.54) is 4.90 Å². The van der Waals surface area contributed by atoms with E-state index in [0.29, 0.717) is 12.3 Å². The molecule has 1 saturated heterocycles. The molecule has 0 unspecified atom stereocenters. The number of nitrogens with zero attached hydrogens (tertiary/aromatic N) is 1. The molecule has 2 rings (SSSR count). The van der Waals surface area contributed by atoms with Gasteiger partial charge in [0.05, 0.1) is 7.11 Å². The number of carboxylic acids is 1. The van der Waals surface area contributed by atoms with Crippen LogP contribution in [0.4, 0.5) is 4.79 Å². The molecule has 6 heteroatoms. The molecule has 0 aromatic heterocycles. The maximum absolute atomic E-state index is 12.2. The lowest BCUT2D eigenvalue weighted by molar-refractivity contribution is -0.311. The summed E-state index contributed by atoms with van der Waals surface area (Å²) in [5, 5.41) is 11.4. The van der Waals surface area contributed by atoms with Crippen molar-refractivity contribution in [1.82, 2.24) is 4.90 Å². The predicted octanol–water partition coefficient (Wildman–Crippen LogP) is 1.40. The molecular formula is C17H22NO5-. The Balaban J connectivity index is 2.17. The first kappa shape index (κ1) is 17.1. The second-order valence-electron chi connectivity index (χ2n) is 6.69. The van der Waals surface area contributed by atoms with Gasteiger partial charge in [0.25, 0.3) is 0 Å². The largest absolute Gasteiger partial charge is 0.550 e. The Morgan fingerprint density at radius 3 is 2.26 bits per heavy atom. The summed E-state index contributed by atoms with van der Waals surface area (Å²) >= 11 is 0. The number of carboxylic acid groups (broad SMARTS) is 1. The van der Waals surface area contributed by atoms with E-state index < -0.39 is 23.6 Å². The molecule has 6 nitrogen and oxygen atoms in total.